The number of nitrogens with zero attached hydrogens (tertiary/aromatic N) is 1. The first-order valence-electron chi connectivity index (χ1n) is 11.2. The van der Waals surface area contributed by atoms with Crippen molar-refractivity contribution in [2.45, 2.75) is 18.8 Å². The number of piperidine rings is 1. The molecule has 2 amide bonds. The first-order chi connectivity index (χ1) is 16.5. The van der Waals surface area contributed by atoms with Crippen LogP contribution in [-0.4, -0.2) is 29.5 Å². The van der Waals surface area contributed by atoms with Crippen molar-refractivity contribution in [2.24, 2.45) is 7.05 Å². The maximum absolute atomic E-state index is 15.3. The van der Waals surface area contributed by atoms with E-state index in [9.17, 15) is 14.0 Å². The van der Waals surface area contributed by atoms with Crippen molar-refractivity contribution in [3.63, 3.8) is 0 Å². The Bertz CT molecular complexity index is 1540. The highest BCUT2D eigenvalue weighted by molar-refractivity contribution is 6.51. The van der Waals surface area contributed by atoms with Crippen LogP contribution in [0.2, 0.25) is 0 Å². The molecule has 4 aromatic rings. The molecule has 2 aliphatic heterocycles. The van der Waals surface area contributed by atoms with E-state index in [1.54, 1.807) is 0 Å². The van der Waals surface area contributed by atoms with Gasteiger partial charge in [0.2, 0.25) is 0 Å². The van der Waals surface area contributed by atoms with E-state index in [2.05, 4.69) is 10.6 Å². The zero-order valence-electron chi connectivity index (χ0n) is 18.4. The number of rotatable bonds is 3. The Morgan fingerprint density at radius 1 is 1.00 bits per heavy atom. The molecule has 6 rings (SSSR count). The van der Waals surface area contributed by atoms with Gasteiger partial charge in [-0.3, -0.25) is 14.9 Å². The number of furan rings is 1. The number of amides is 2. The summed E-state index contributed by atoms with van der Waals surface area (Å²) in [5.74, 6) is -3.60. The number of fused-ring (bicyclic) bond motifs is 2. The second-order valence-corrected chi connectivity index (χ2v) is 8.78. The quantitative estimate of drug-likeness (QED) is 0.448. The van der Waals surface area contributed by atoms with Crippen LogP contribution < -0.4 is 10.6 Å². The molecule has 0 atom stereocenters. The predicted molar refractivity (Wildman–Crippen MR) is 124 cm³/mol. The molecule has 4 heterocycles. The van der Waals surface area contributed by atoms with E-state index in [1.807, 2.05) is 35.9 Å². The minimum absolute atomic E-state index is 0.0277. The molecule has 0 saturated carbocycles. The first-order valence-corrected chi connectivity index (χ1v) is 11.2. The molecule has 1 fully saturated rings. The number of benzene rings is 2. The van der Waals surface area contributed by atoms with Crippen LogP contribution in [-0.2, 0) is 16.6 Å². The zero-order valence-corrected chi connectivity index (χ0v) is 18.4. The van der Waals surface area contributed by atoms with Crippen molar-refractivity contribution in [1.82, 2.24) is 15.2 Å². The minimum atomic E-state index is -1.22. The van der Waals surface area contributed by atoms with Crippen molar-refractivity contribution in [1.29, 1.82) is 0 Å². The number of imide groups is 1. The Labute approximate surface area is 193 Å². The Hall–Kier alpha value is -3.78. The fraction of sp³-hybridized carbons (Fsp3) is 0.231. The van der Waals surface area contributed by atoms with Crippen LogP contribution in [0, 0.1) is 11.6 Å². The highest BCUT2D eigenvalue weighted by Crippen LogP contribution is 2.44. The highest BCUT2D eigenvalue weighted by atomic mass is 19.2. The average Bonchev–Trinajstić information content (AvgIpc) is 3.49. The topological polar surface area (TPSA) is 76.3 Å². The van der Waals surface area contributed by atoms with Gasteiger partial charge in [0, 0.05) is 40.5 Å². The first kappa shape index (κ1) is 20.8. The van der Waals surface area contributed by atoms with E-state index < -0.39 is 23.4 Å². The van der Waals surface area contributed by atoms with Crippen LogP contribution in [0.15, 0.2) is 47.1 Å². The number of aromatic nitrogens is 1. The van der Waals surface area contributed by atoms with E-state index in [1.165, 1.54) is 12.3 Å². The molecular weight excluding hydrogens is 440 g/mol. The lowest BCUT2D eigenvalue weighted by molar-refractivity contribution is -0.122. The highest BCUT2D eigenvalue weighted by Gasteiger charge is 2.40. The molecule has 2 aromatic heterocycles. The van der Waals surface area contributed by atoms with E-state index in [0.29, 0.717) is 10.9 Å². The Balaban J connectivity index is 1.74. The maximum Gasteiger partial charge on any atom is 0.259 e. The molecule has 6 nitrogen and oxygen atoms in total. The molecule has 0 spiro atoms. The summed E-state index contributed by atoms with van der Waals surface area (Å²) in [7, 11) is 1.94. The van der Waals surface area contributed by atoms with Gasteiger partial charge in [-0.1, -0.05) is 18.2 Å². The number of carbonyl (C=O) groups is 2. The predicted octanol–water partition coefficient (Wildman–Crippen LogP) is 4.24. The number of hydrogen-bond acceptors (Lipinski definition) is 4. The third-order valence-corrected chi connectivity index (χ3v) is 6.94. The van der Waals surface area contributed by atoms with E-state index in [-0.39, 0.29) is 28.2 Å². The molecule has 34 heavy (non-hydrogen) atoms. The fourth-order valence-corrected chi connectivity index (χ4v) is 5.46. The van der Waals surface area contributed by atoms with Crippen molar-refractivity contribution < 1.29 is 22.8 Å². The summed E-state index contributed by atoms with van der Waals surface area (Å²) in [5, 5.41) is 6.76. The molecule has 0 unspecified atom stereocenters. The lowest BCUT2D eigenvalue weighted by Crippen LogP contribution is -2.28. The van der Waals surface area contributed by atoms with Crippen LogP contribution in [0.5, 0.6) is 0 Å². The van der Waals surface area contributed by atoms with Gasteiger partial charge in [-0.05, 0) is 44.1 Å². The molecule has 0 aliphatic carbocycles. The van der Waals surface area contributed by atoms with Crippen LogP contribution in [0.3, 0.4) is 0 Å². The van der Waals surface area contributed by atoms with Crippen LogP contribution >= 0.6 is 0 Å². The summed E-state index contributed by atoms with van der Waals surface area (Å²) in [5.41, 5.74) is 1.95. The smallest absolute Gasteiger partial charge is 0.259 e. The summed E-state index contributed by atoms with van der Waals surface area (Å²) >= 11 is 0. The van der Waals surface area contributed by atoms with Gasteiger partial charge in [-0.25, -0.2) is 8.78 Å². The van der Waals surface area contributed by atoms with Gasteiger partial charge in [0.25, 0.3) is 11.8 Å². The Morgan fingerprint density at radius 2 is 1.71 bits per heavy atom. The fourth-order valence-electron chi connectivity index (χ4n) is 5.46. The lowest BCUT2D eigenvalue weighted by Gasteiger charge is -2.25. The third-order valence-electron chi connectivity index (χ3n) is 6.94. The van der Waals surface area contributed by atoms with Gasteiger partial charge in [0.15, 0.2) is 11.6 Å². The second kappa shape index (κ2) is 7.63. The van der Waals surface area contributed by atoms with Gasteiger partial charge in [-0.2, -0.15) is 0 Å². The monoisotopic (exact) mass is 461 g/mol. The standard InChI is InChI=1S/C26H21F2N3O3/c1-31-17-5-3-2-4-15(17)18(23(31)13-6-9-29-10-7-13)19-20(26(33)30-25(19)32)21-22(28)16(27)12-14-8-11-34-24(14)21/h2-5,8,11-13,29H,6-7,9-10H2,1H3,(H,30,32,33). The molecule has 2 N–H and O–H groups in total. The molecule has 1 saturated heterocycles. The normalized spacial score (nSPS) is 17.4. The minimum Gasteiger partial charge on any atom is -0.464 e. The molecule has 0 radical (unpaired) electrons. The number of nitrogens with one attached hydrogen (secondary N) is 2. The maximum atomic E-state index is 15.3. The van der Waals surface area contributed by atoms with Gasteiger partial charge < -0.3 is 14.3 Å². The molecular formula is C26H21F2N3O3. The number of carbonyl (C=O) groups excluding carboxylic acids is 2. The van der Waals surface area contributed by atoms with Gasteiger partial charge in [0.1, 0.15) is 5.58 Å². The van der Waals surface area contributed by atoms with Crippen LogP contribution in [0.1, 0.15) is 35.6 Å². The van der Waals surface area contributed by atoms with E-state index >= 15 is 4.39 Å². The van der Waals surface area contributed by atoms with Crippen molar-refractivity contribution in [3.05, 3.63) is 71.1 Å². The number of hydrogen-bond donors (Lipinski definition) is 2. The van der Waals surface area contributed by atoms with Crippen LogP contribution in [0.4, 0.5) is 8.78 Å². The molecule has 8 heteroatoms. The van der Waals surface area contributed by atoms with Gasteiger partial charge in [-0.15, -0.1) is 0 Å². The zero-order chi connectivity index (χ0) is 23.6. The van der Waals surface area contributed by atoms with Gasteiger partial charge >= 0.3 is 0 Å². The summed E-state index contributed by atoms with van der Waals surface area (Å²) in [6, 6.07) is 10.1. The van der Waals surface area contributed by atoms with Gasteiger partial charge in [0.05, 0.1) is 23.0 Å². The summed E-state index contributed by atoms with van der Waals surface area (Å²) < 4.78 is 37.3. The summed E-state index contributed by atoms with van der Waals surface area (Å²) in [6.07, 6.45) is 3.01. The van der Waals surface area contributed by atoms with Crippen LogP contribution in [0.25, 0.3) is 33.0 Å². The summed E-state index contributed by atoms with van der Waals surface area (Å²) in [6.45, 7) is 1.66. The average molecular weight is 461 g/mol. The SMILES string of the molecule is Cn1c(C2CCNCC2)c(C2=C(c3c(F)c(F)cc4ccoc34)C(=O)NC2=O)c2ccccc21. The lowest BCUT2D eigenvalue weighted by atomic mass is 9.86. The third kappa shape index (κ3) is 2.88. The van der Waals surface area contributed by atoms with Crippen molar-refractivity contribution in [2.75, 3.05) is 13.1 Å². The Kier molecular flexibility index (Phi) is 4.67. The molecule has 2 aromatic carbocycles. The number of aryl methyl sites for hydroxylation is 1. The number of para-hydroxylation sites is 1. The number of halogens is 2. The van der Waals surface area contributed by atoms with Crippen molar-refractivity contribution in [3.8, 4) is 0 Å². The van der Waals surface area contributed by atoms with Crippen molar-refractivity contribution >= 4 is 44.8 Å². The largest absolute Gasteiger partial charge is 0.464 e. The second-order valence-electron chi connectivity index (χ2n) is 8.78. The molecule has 2 aliphatic rings. The molecule has 172 valence electrons. The summed E-state index contributed by atoms with van der Waals surface area (Å²) in [4.78, 5) is 26.4. The molecule has 0 bridgehead atoms. The van der Waals surface area contributed by atoms with E-state index in [0.717, 1.165) is 48.6 Å². The van der Waals surface area contributed by atoms with E-state index in [4.69, 9.17) is 4.42 Å². The Morgan fingerprint density at radius 3 is 2.47 bits per heavy atom.